The van der Waals surface area contributed by atoms with Crippen LogP contribution in [0.3, 0.4) is 0 Å². The smallest absolute Gasteiger partial charge is 0.403 e. The number of thioether (sulfide) groups is 1. The Morgan fingerprint density at radius 3 is 2.08 bits per heavy atom. The van der Waals surface area contributed by atoms with Gasteiger partial charge in [-0.05, 0) is 52.5 Å². The van der Waals surface area contributed by atoms with E-state index in [0.717, 1.165) is 12.0 Å². The molecule has 0 radical (unpaired) electrons. The van der Waals surface area contributed by atoms with Crippen LogP contribution >= 0.6 is 11.8 Å². The van der Waals surface area contributed by atoms with Crippen molar-refractivity contribution in [3.8, 4) is 0 Å². The van der Waals surface area contributed by atoms with Crippen LogP contribution in [0.15, 0.2) is 30.3 Å². The highest BCUT2D eigenvalue weighted by molar-refractivity contribution is 8.02. The van der Waals surface area contributed by atoms with Crippen LogP contribution in [0, 0.1) is 0 Å². The number of alkyl halides is 3. The Bertz CT molecular complexity index is 518. The van der Waals surface area contributed by atoms with E-state index in [1.807, 2.05) is 58.0 Å². The Kier molecular flexibility index (Phi) is 5.98. The molecule has 1 saturated heterocycles. The molecule has 1 atom stereocenters. The second-order valence-electron chi connectivity index (χ2n) is 7.10. The molecule has 0 amide bonds. The van der Waals surface area contributed by atoms with Gasteiger partial charge in [0.2, 0.25) is 0 Å². The van der Waals surface area contributed by atoms with Gasteiger partial charge in [0.25, 0.3) is 0 Å². The number of benzene rings is 1. The second kappa shape index (κ2) is 7.30. The van der Waals surface area contributed by atoms with Gasteiger partial charge in [0.05, 0.1) is 11.2 Å². The summed E-state index contributed by atoms with van der Waals surface area (Å²) in [7, 11) is -0.850. The topological polar surface area (TPSA) is 18.5 Å². The van der Waals surface area contributed by atoms with Crippen LogP contribution in [0.25, 0.3) is 0 Å². The van der Waals surface area contributed by atoms with Crippen molar-refractivity contribution in [2.75, 3.05) is 0 Å². The molecule has 134 valence electrons. The fourth-order valence-electron chi connectivity index (χ4n) is 2.61. The lowest BCUT2D eigenvalue weighted by atomic mass is 9.81. The van der Waals surface area contributed by atoms with E-state index >= 15 is 0 Å². The molecule has 2 nitrogen and oxygen atoms in total. The maximum absolute atomic E-state index is 12.9. The van der Waals surface area contributed by atoms with Crippen LogP contribution in [-0.2, 0) is 15.7 Å². The lowest BCUT2D eigenvalue weighted by Crippen LogP contribution is -2.41. The first-order valence-electron chi connectivity index (χ1n) is 8.14. The maximum Gasteiger partial charge on any atom is 0.472 e. The molecule has 1 aromatic rings. The van der Waals surface area contributed by atoms with Crippen molar-refractivity contribution in [1.82, 2.24) is 0 Å². The third-order valence-electron chi connectivity index (χ3n) is 4.66. The minimum absolute atomic E-state index is 0.0143. The minimum Gasteiger partial charge on any atom is -0.403 e. The normalized spacial score (nSPS) is 21.0. The number of aryl methyl sites for hydroxylation is 1. The van der Waals surface area contributed by atoms with Gasteiger partial charge < -0.3 is 9.31 Å². The fraction of sp³-hybridized carbons (Fsp3) is 0.647. The van der Waals surface area contributed by atoms with Crippen LogP contribution in [0.1, 0.15) is 46.1 Å². The van der Waals surface area contributed by atoms with E-state index in [4.69, 9.17) is 9.31 Å². The average Bonchev–Trinajstić information content (AvgIpc) is 2.66. The summed E-state index contributed by atoms with van der Waals surface area (Å²) in [5.41, 5.74) is -4.42. The highest BCUT2D eigenvalue weighted by Crippen LogP contribution is 2.44. The predicted octanol–water partition coefficient (Wildman–Crippen LogP) is 5.26. The number of halogens is 3. The second-order valence-corrected chi connectivity index (χ2v) is 8.41. The van der Waals surface area contributed by atoms with E-state index in [1.165, 1.54) is 0 Å². The molecule has 0 spiro atoms. The standard InChI is InChI=1S/C17H24BF3O2S/c1-15(2)16(3,4)23-18(22-15)14(24-17(19,20)21)12-8-11-13-9-6-5-7-10-13/h5-7,9-10,14H,8,11-12H2,1-4H3. The van der Waals surface area contributed by atoms with Crippen molar-refractivity contribution in [3.05, 3.63) is 35.9 Å². The Morgan fingerprint density at radius 2 is 1.58 bits per heavy atom. The molecule has 1 aromatic carbocycles. The summed E-state index contributed by atoms with van der Waals surface area (Å²) in [5.74, 6) is 0. The summed E-state index contributed by atoms with van der Waals surface area (Å²) in [6.45, 7) is 7.41. The summed E-state index contributed by atoms with van der Waals surface area (Å²) < 4.78 is 50.5. The van der Waals surface area contributed by atoms with E-state index in [-0.39, 0.29) is 11.8 Å². The summed E-state index contributed by atoms with van der Waals surface area (Å²) in [6, 6.07) is 9.77. The molecule has 0 bridgehead atoms. The molecule has 0 saturated carbocycles. The van der Waals surface area contributed by atoms with Crippen molar-refractivity contribution in [1.29, 1.82) is 0 Å². The highest BCUT2D eigenvalue weighted by Gasteiger charge is 2.55. The molecular formula is C17H24BF3O2S. The molecule has 0 N–H and O–H groups in total. The Morgan fingerprint density at radius 1 is 1.04 bits per heavy atom. The summed E-state index contributed by atoms with van der Waals surface area (Å²) in [4.78, 5) is 0. The first-order chi connectivity index (χ1) is 11.0. The predicted molar refractivity (Wildman–Crippen MR) is 92.9 cm³/mol. The van der Waals surface area contributed by atoms with Gasteiger partial charge in [-0.2, -0.15) is 13.2 Å². The molecular weight excluding hydrogens is 336 g/mol. The molecule has 1 fully saturated rings. The third-order valence-corrected chi connectivity index (χ3v) is 5.68. The maximum atomic E-state index is 12.9. The van der Waals surface area contributed by atoms with Gasteiger partial charge in [-0.25, -0.2) is 0 Å². The Hall–Kier alpha value is -0.655. The molecule has 0 aromatic heterocycles. The first kappa shape index (κ1) is 19.7. The van der Waals surface area contributed by atoms with E-state index in [0.29, 0.717) is 12.8 Å². The molecule has 1 aliphatic rings. The number of hydrogen-bond donors (Lipinski definition) is 0. The zero-order chi connectivity index (χ0) is 18.0. The molecule has 1 aliphatic heterocycles. The molecule has 7 heteroatoms. The van der Waals surface area contributed by atoms with E-state index in [9.17, 15) is 13.2 Å². The van der Waals surface area contributed by atoms with Gasteiger partial charge in [-0.1, -0.05) is 42.1 Å². The average molecular weight is 360 g/mol. The molecule has 1 unspecified atom stereocenters. The Labute approximate surface area is 146 Å². The lowest BCUT2D eigenvalue weighted by molar-refractivity contribution is -0.0332. The van der Waals surface area contributed by atoms with Gasteiger partial charge in [0.15, 0.2) is 0 Å². The van der Waals surface area contributed by atoms with Crippen LogP contribution in [0.5, 0.6) is 0 Å². The summed E-state index contributed by atoms with van der Waals surface area (Å²) in [5, 5.41) is -0.769. The quantitative estimate of drug-likeness (QED) is 0.645. The van der Waals surface area contributed by atoms with E-state index in [1.54, 1.807) is 0 Å². The van der Waals surface area contributed by atoms with Gasteiger partial charge in [-0.15, -0.1) is 0 Å². The van der Waals surface area contributed by atoms with Crippen molar-refractivity contribution in [3.63, 3.8) is 0 Å². The molecule has 2 rings (SSSR count). The largest absolute Gasteiger partial charge is 0.472 e. The van der Waals surface area contributed by atoms with E-state index in [2.05, 4.69) is 0 Å². The zero-order valence-electron chi connectivity index (χ0n) is 14.5. The van der Waals surface area contributed by atoms with Gasteiger partial charge in [-0.3, -0.25) is 0 Å². The van der Waals surface area contributed by atoms with Gasteiger partial charge in [0, 0.05) is 5.15 Å². The Balaban J connectivity index is 2.00. The van der Waals surface area contributed by atoms with Crippen molar-refractivity contribution < 1.29 is 22.5 Å². The highest BCUT2D eigenvalue weighted by atomic mass is 32.2. The first-order valence-corrected chi connectivity index (χ1v) is 9.02. The summed E-state index contributed by atoms with van der Waals surface area (Å²) >= 11 is -0.0143. The minimum atomic E-state index is -4.30. The monoisotopic (exact) mass is 360 g/mol. The van der Waals surface area contributed by atoms with Crippen LogP contribution in [0.2, 0.25) is 0 Å². The van der Waals surface area contributed by atoms with Crippen LogP contribution in [0.4, 0.5) is 13.2 Å². The van der Waals surface area contributed by atoms with Gasteiger partial charge >= 0.3 is 12.6 Å². The van der Waals surface area contributed by atoms with Crippen LogP contribution < -0.4 is 0 Å². The van der Waals surface area contributed by atoms with Crippen LogP contribution in [-0.4, -0.2) is 29.0 Å². The molecule has 1 heterocycles. The lowest BCUT2D eigenvalue weighted by Gasteiger charge is -2.32. The SMILES string of the molecule is CC1(C)OB(C(CCCc2ccccc2)SC(F)(F)F)OC1(C)C. The van der Waals surface area contributed by atoms with Crippen molar-refractivity contribution in [2.45, 2.75) is 68.8 Å². The van der Waals surface area contributed by atoms with Crippen molar-refractivity contribution >= 4 is 18.9 Å². The number of hydrogen-bond acceptors (Lipinski definition) is 3. The zero-order valence-corrected chi connectivity index (χ0v) is 15.3. The van der Waals surface area contributed by atoms with E-state index < -0.39 is 29.0 Å². The molecule has 0 aliphatic carbocycles. The fourth-order valence-corrected chi connectivity index (χ4v) is 3.46. The number of rotatable bonds is 6. The van der Waals surface area contributed by atoms with Crippen molar-refractivity contribution in [2.24, 2.45) is 0 Å². The third kappa shape index (κ3) is 5.17. The molecule has 24 heavy (non-hydrogen) atoms. The summed E-state index contributed by atoms with van der Waals surface area (Å²) in [6.07, 6.45) is 1.78. The van der Waals surface area contributed by atoms with Gasteiger partial charge in [0.1, 0.15) is 0 Å².